The smallest absolute Gasteiger partial charge is 0.261 e. The maximum Gasteiger partial charge on any atom is 0.261 e. The van der Waals surface area contributed by atoms with Crippen molar-refractivity contribution in [2.75, 3.05) is 40.5 Å². The van der Waals surface area contributed by atoms with E-state index >= 15 is 0 Å². The number of methoxy groups -OCH3 is 2. The number of thiophene rings is 1. The second-order valence-corrected chi connectivity index (χ2v) is 9.52. The number of rotatable bonds is 9. The fraction of sp³-hybridized carbons (Fsp3) is 0.320. The van der Waals surface area contributed by atoms with Gasteiger partial charge in [-0.3, -0.25) is 9.59 Å². The number of nitrogens with zero attached hydrogens (tertiary/aromatic N) is 3. The van der Waals surface area contributed by atoms with Crippen molar-refractivity contribution in [2.45, 2.75) is 12.6 Å². The Morgan fingerprint density at radius 3 is 2.54 bits per heavy atom. The van der Waals surface area contributed by atoms with Crippen molar-refractivity contribution in [3.63, 3.8) is 0 Å². The summed E-state index contributed by atoms with van der Waals surface area (Å²) in [6.45, 7) is 1.24. The van der Waals surface area contributed by atoms with Gasteiger partial charge >= 0.3 is 0 Å². The molecule has 0 aliphatic carbocycles. The number of carbonyl (C=O) groups is 2. The van der Waals surface area contributed by atoms with Crippen LogP contribution < -0.4 is 9.47 Å². The van der Waals surface area contributed by atoms with Gasteiger partial charge in [0.15, 0.2) is 6.61 Å². The highest BCUT2D eigenvalue weighted by atomic mass is 35.5. The topological polar surface area (TPSA) is 81.2 Å². The van der Waals surface area contributed by atoms with Gasteiger partial charge < -0.3 is 24.0 Å². The van der Waals surface area contributed by atoms with E-state index in [0.29, 0.717) is 35.6 Å². The van der Waals surface area contributed by atoms with Gasteiger partial charge in [-0.2, -0.15) is 0 Å². The molecule has 0 spiro atoms. The predicted molar refractivity (Wildman–Crippen MR) is 134 cm³/mol. The number of carbonyl (C=O) groups excluding carboxylic acids is 2. The average Bonchev–Trinajstić information content (AvgIpc) is 3.30. The van der Waals surface area contributed by atoms with E-state index in [4.69, 9.17) is 25.8 Å². The monoisotopic (exact) mass is 515 g/mol. The quantitative estimate of drug-likeness (QED) is 0.432. The van der Waals surface area contributed by atoms with Gasteiger partial charge in [0.1, 0.15) is 11.8 Å². The zero-order chi connectivity index (χ0) is 24.8. The molecule has 1 atom stereocenters. The van der Waals surface area contributed by atoms with Crippen LogP contribution in [0.2, 0.25) is 4.34 Å². The summed E-state index contributed by atoms with van der Waals surface area (Å²) < 4.78 is 16.5. The molecule has 184 valence electrons. The summed E-state index contributed by atoms with van der Waals surface area (Å²) in [5.41, 5.74) is 3.00. The minimum atomic E-state index is -0.694. The van der Waals surface area contributed by atoms with Gasteiger partial charge in [-0.15, -0.1) is 11.3 Å². The number of aromatic nitrogens is 1. The summed E-state index contributed by atoms with van der Waals surface area (Å²) in [4.78, 5) is 33.6. The molecule has 8 nitrogen and oxygen atoms in total. The first-order valence-electron chi connectivity index (χ1n) is 11.0. The molecule has 1 aliphatic heterocycles. The molecule has 2 amide bonds. The van der Waals surface area contributed by atoms with Gasteiger partial charge in [-0.25, -0.2) is 4.98 Å². The number of benzene rings is 1. The summed E-state index contributed by atoms with van der Waals surface area (Å²) in [5.74, 6) is 0.693. The highest BCUT2D eigenvalue weighted by molar-refractivity contribution is 7.14. The van der Waals surface area contributed by atoms with E-state index in [1.54, 1.807) is 29.7 Å². The lowest BCUT2D eigenvalue weighted by Crippen LogP contribution is -2.60. The lowest BCUT2D eigenvalue weighted by Gasteiger charge is -2.40. The summed E-state index contributed by atoms with van der Waals surface area (Å²) >= 11 is 7.24. The maximum absolute atomic E-state index is 13.2. The number of pyridine rings is 1. The largest absolute Gasteiger partial charge is 0.483 e. The van der Waals surface area contributed by atoms with Crippen LogP contribution in [-0.2, 0) is 20.9 Å². The first kappa shape index (κ1) is 25.0. The molecular weight excluding hydrogens is 490 g/mol. The third-order valence-corrected chi connectivity index (χ3v) is 6.81. The van der Waals surface area contributed by atoms with Crippen molar-refractivity contribution < 1.29 is 23.8 Å². The second-order valence-electron chi connectivity index (χ2n) is 7.98. The van der Waals surface area contributed by atoms with Crippen LogP contribution in [0.1, 0.15) is 5.56 Å². The van der Waals surface area contributed by atoms with E-state index < -0.39 is 6.04 Å². The number of hydrogen-bond acceptors (Lipinski definition) is 7. The Bertz CT molecular complexity index is 1150. The minimum absolute atomic E-state index is 0.120. The lowest BCUT2D eigenvalue weighted by atomic mass is 10.0. The Hall–Kier alpha value is -3.14. The molecule has 0 radical (unpaired) electrons. The molecule has 3 heterocycles. The normalized spacial score (nSPS) is 15.9. The summed E-state index contributed by atoms with van der Waals surface area (Å²) in [6.07, 6.45) is 1.76. The van der Waals surface area contributed by atoms with Gasteiger partial charge in [0.05, 0.1) is 18.1 Å². The maximum atomic E-state index is 13.2. The molecule has 1 aromatic carbocycles. The third-order valence-electron chi connectivity index (χ3n) is 5.74. The predicted octanol–water partition coefficient (Wildman–Crippen LogP) is 3.74. The SMILES string of the molecule is COCC1C(=O)N(Cc2ccc(-c3ccc(OC)nc3)cc2)CCN1C(=O)COc1csc(Cl)c1. The van der Waals surface area contributed by atoms with Crippen LogP contribution in [0.4, 0.5) is 0 Å². The molecule has 1 aliphatic rings. The Morgan fingerprint density at radius 1 is 1.14 bits per heavy atom. The molecule has 2 aromatic heterocycles. The number of amides is 2. The van der Waals surface area contributed by atoms with E-state index in [9.17, 15) is 9.59 Å². The van der Waals surface area contributed by atoms with Crippen LogP contribution in [-0.4, -0.2) is 73.2 Å². The highest BCUT2D eigenvalue weighted by Crippen LogP contribution is 2.26. The second kappa shape index (κ2) is 11.5. The molecule has 35 heavy (non-hydrogen) atoms. The Morgan fingerprint density at radius 2 is 1.91 bits per heavy atom. The molecule has 10 heteroatoms. The molecule has 0 bridgehead atoms. The van der Waals surface area contributed by atoms with E-state index in [1.807, 2.05) is 36.4 Å². The van der Waals surface area contributed by atoms with Crippen molar-refractivity contribution in [1.29, 1.82) is 0 Å². The molecule has 0 saturated carbocycles. The number of halogens is 1. The first-order valence-corrected chi connectivity index (χ1v) is 12.3. The van der Waals surface area contributed by atoms with Gasteiger partial charge in [-0.05, 0) is 17.2 Å². The number of hydrogen-bond donors (Lipinski definition) is 0. The lowest BCUT2D eigenvalue weighted by molar-refractivity contribution is -0.155. The zero-order valence-corrected chi connectivity index (χ0v) is 21.1. The van der Waals surface area contributed by atoms with E-state index in [-0.39, 0.29) is 25.0 Å². The first-order chi connectivity index (χ1) is 17.0. The van der Waals surface area contributed by atoms with Crippen LogP contribution in [0.15, 0.2) is 54.0 Å². The summed E-state index contributed by atoms with van der Waals surface area (Å²) in [7, 11) is 3.10. The molecule has 4 rings (SSSR count). The third kappa shape index (κ3) is 6.11. The number of ether oxygens (including phenoxy) is 3. The van der Waals surface area contributed by atoms with Crippen molar-refractivity contribution in [3.05, 3.63) is 63.9 Å². The highest BCUT2D eigenvalue weighted by Gasteiger charge is 2.37. The Labute approximate surface area is 213 Å². The average molecular weight is 516 g/mol. The van der Waals surface area contributed by atoms with Crippen LogP contribution in [0.25, 0.3) is 11.1 Å². The van der Waals surface area contributed by atoms with E-state index in [1.165, 1.54) is 23.3 Å². The van der Waals surface area contributed by atoms with Crippen LogP contribution in [0, 0.1) is 0 Å². The van der Waals surface area contributed by atoms with Crippen molar-refractivity contribution in [2.24, 2.45) is 0 Å². The molecule has 1 unspecified atom stereocenters. The van der Waals surface area contributed by atoms with E-state index in [2.05, 4.69) is 4.98 Å². The molecular formula is C25H26ClN3O5S. The fourth-order valence-corrected chi connectivity index (χ4v) is 4.70. The zero-order valence-electron chi connectivity index (χ0n) is 19.5. The molecule has 3 aromatic rings. The van der Waals surface area contributed by atoms with E-state index in [0.717, 1.165) is 16.7 Å². The van der Waals surface area contributed by atoms with Crippen molar-refractivity contribution in [3.8, 4) is 22.8 Å². The standard InChI is InChI=1S/C25H26ClN3O5S/c1-32-14-21-25(31)28(9-10-29(21)24(30)15-34-20-11-22(26)35-16-20)13-17-3-5-18(6-4-17)19-7-8-23(33-2)27-12-19/h3-8,11-12,16,21H,9-10,13-15H2,1-2H3. The summed E-state index contributed by atoms with van der Waals surface area (Å²) in [6, 6.07) is 12.7. The van der Waals surface area contributed by atoms with Crippen molar-refractivity contribution >= 4 is 34.8 Å². The van der Waals surface area contributed by atoms with Gasteiger partial charge in [-0.1, -0.05) is 35.9 Å². The summed E-state index contributed by atoms with van der Waals surface area (Å²) in [5, 5.41) is 1.74. The molecule has 1 fully saturated rings. The number of piperazine rings is 1. The van der Waals surface area contributed by atoms with Crippen LogP contribution >= 0.6 is 22.9 Å². The van der Waals surface area contributed by atoms with Gasteiger partial charge in [0, 0.05) is 56.0 Å². The van der Waals surface area contributed by atoms with Crippen LogP contribution in [0.3, 0.4) is 0 Å². The Balaban J connectivity index is 1.38. The molecule has 1 saturated heterocycles. The minimum Gasteiger partial charge on any atom is -0.483 e. The fourth-order valence-electron chi connectivity index (χ4n) is 3.91. The van der Waals surface area contributed by atoms with Gasteiger partial charge in [0.2, 0.25) is 11.8 Å². The molecule has 0 N–H and O–H groups in total. The Kier molecular flexibility index (Phi) is 8.22. The van der Waals surface area contributed by atoms with Gasteiger partial charge in [0.25, 0.3) is 5.91 Å². The van der Waals surface area contributed by atoms with Crippen molar-refractivity contribution in [1.82, 2.24) is 14.8 Å². The van der Waals surface area contributed by atoms with Crippen LogP contribution in [0.5, 0.6) is 11.6 Å².